The summed E-state index contributed by atoms with van der Waals surface area (Å²) in [5, 5.41) is 13.8. The zero-order valence-corrected chi connectivity index (χ0v) is 57.1. The molecule has 20 rings (SSSR count). The molecule has 0 spiro atoms. The maximum atomic E-state index is 15.8. The third kappa shape index (κ3) is 11.8. The van der Waals surface area contributed by atoms with E-state index < -0.39 is 5.82 Å². The van der Waals surface area contributed by atoms with E-state index in [1.54, 1.807) is 31.0 Å². The molecule has 21 heteroatoms. The molecule has 4 aliphatic rings. The van der Waals surface area contributed by atoms with Gasteiger partial charge in [0.05, 0.1) is 34.2 Å². The van der Waals surface area contributed by atoms with E-state index in [0.717, 1.165) is 178 Å². The quantitative estimate of drug-likeness (QED) is 0.0563. The van der Waals surface area contributed by atoms with Crippen molar-refractivity contribution in [3.63, 3.8) is 0 Å². The number of nitrogens with zero attached hydrogens (tertiary/aromatic N) is 15. The van der Waals surface area contributed by atoms with Gasteiger partial charge in [-0.2, -0.15) is 0 Å². The van der Waals surface area contributed by atoms with Crippen LogP contribution in [0.4, 0.5) is 21.8 Å². The minimum absolute atomic E-state index is 0.327. The molecular weight excluding hydrogens is 1300 g/mol. The first-order chi connectivity index (χ1) is 51.1. The van der Waals surface area contributed by atoms with Crippen molar-refractivity contribution in [2.24, 2.45) is 0 Å². The number of rotatable bonds is 12. The molecule has 0 atom stereocenters. The number of halogens is 1. The second kappa shape index (κ2) is 26.9. The fourth-order valence-electron chi connectivity index (χ4n) is 15.4. The lowest BCUT2D eigenvalue weighted by Gasteiger charge is -2.46. The molecule has 1 aliphatic heterocycles. The van der Waals surface area contributed by atoms with Gasteiger partial charge in [0.15, 0.2) is 5.82 Å². The summed E-state index contributed by atoms with van der Waals surface area (Å²) in [7, 11) is 0. The predicted molar refractivity (Wildman–Crippen MR) is 405 cm³/mol. The maximum Gasteiger partial charge on any atom is 0.265 e. The van der Waals surface area contributed by atoms with E-state index in [9.17, 15) is 5.21 Å². The van der Waals surface area contributed by atoms with Gasteiger partial charge in [0.2, 0.25) is 0 Å². The van der Waals surface area contributed by atoms with Crippen LogP contribution in [0.1, 0.15) is 92.3 Å². The van der Waals surface area contributed by atoms with Gasteiger partial charge in [0, 0.05) is 161 Å². The summed E-state index contributed by atoms with van der Waals surface area (Å²) >= 11 is 0. The number of nitrogens with two attached hydrogens (primary N) is 3. The Labute approximate surface area is 598 Å². The average molecular weight is 1370 g/mol. The number of hydrogen-bond donors (Lipinski definition) is 5. The molecule has 20 nitrogen and oxygen atoms in total. The fourth-order valence-corrected chi connectivity index (χ4v) is 15.4. The van der Waals surface area contributed by atoms with E-state index in [4.69, 9.17) is 37.1 Å². The SMILES string of the molecule is Nc1nccn2c(C3CC(N4CCN(Cc5cnc[nH]5)CC4)C3)nc(-c3ccc4ccc(-c5ccccc5)nc4c3)c12.Nc1nccn2c(C3CCC3)nc(-c3ccc4ccc(-c5ccccc5)[n+](O)c4c3)c12.Nc1nccn2c(C3CCC3)nc(-c3ccc4ccc(-c5ccccc5)nc4c3F)c12. The molecule has 104 heavy (non-hydrogen) atoms. The average Bonchev–Trinajstić information content (AvgIpc) is 1.60. The Kier molecular flexibility index (Phi) is 16.5. The van der Waals surface area contributed by atoms with Crippen LogP contribution in [0.3, 0.4) is 0 Å². The predicted octanol–water partition coefficient (Wildman–Crippen LogP) is 15.2. The van der Waals surface area contributed by atoms with Gasteiger partial charge in [-0.25, -0.2) is 49.2 Å². The molecule has 0 radical (unpaired) electrons. The minimum atomic E-state index is -0.390. The Balaban J connectivity index is 0.000000113. The number of aromatic nitrogens is 14. The Morgan fingerprint density at radius 2 is 0.990 bits per heavy atom. The number of H-pyrrole nitrogens is 1. The van der Waals surface area contributed by atoms with Crippen LogP contribution in [-0.4, -0.2) is 110 Å². The molecule has 0 amide bonds. The van der Waals surface area contributed by atoms with Crippen LogP contribution in [-0.2, 0) is 6.54 Å². The van der Waals surface area contributed by atoms with Crippen molar-refractivity contribution in [1.82, 2.24) is 72.8 Å². The van der Waals surface area contributed by atoms with Crippen molar-refractivity contribution in [3.05, 3.63) is 255 Å². The summed E-state index contributed by atoms with van der Waals surface area (Å²) in [5.41, 5.74) is 34.4. The first kappa shape index (κ1) is 63.8. The van der Waals surface area contributed by atoms with Crippen LogP contribution in [0.5, 0.6) is 0 Å². The molecule has 4 fully saturated rings. The third-order valence-electron chi connectivity index (χ3n) is 21.5. The fraction of sp³-hybridized carbons (Fsp3) is 0.205. The number of piperazine rings is 1. The molecule has 16 aromatic rings. The van der Waals surface area contributed by atoms with Gasteiger partial charge >= 0.3 is 0 Å². The van der Waals surface area contributed by atoms with Crippen molar-refractivity contribution in [2.45, 2.75) is 81.7 Å². The molecule has 6 aromatic carbocycles. The lowest BCUT2D eigenvalue weighted by molar-refractivity contribution is -0.876. The molecule has 3 aliphatic carbocycles. The molecular formula is C83H75FN19O+. The molecule has 10 aromatic heterocycles. The Hall–Kier alpha value is -12.3. The highest BCUT2D eigenvalue weighted by atomic mass is 19.1. The standard InChI is InChI=1S/C33H33N9.C25H20FN5.C25H22N5O/c34-32-31-30(24-7-6-23-8-9-28(38-29(23)18-24)22-4-2-1-3-5-22)39-33(42(31)11-10-36-32)25-16-27(17-25)41-14-12-40(13-15-41)20-26-19-35-21-37-26;26-20-18(11-9-16-10-12-19(29-21(16)20)15-5-2-1-3-6-15)22-23-24(27)28-13-14-31(23)25(30-22)17-7-4-8-17;26-24-23-22(28-25(18-7-4-8-18)29(23)14-13-27-24)19-10-9-17-11-12-20(30(31)21(17)15-19)16-5-2-1-3-6-16/h1-11,18-19,21,25,27H,12-17,20H2,(H2,34,36)(H,35,37);1-3,5-6,9-14,17H,4,7-8H2,(H2,27,28);1-3,5-6,9-15,18,31H,4,7-8H2,(H2,26,27)/q;;+1. The van der Waals surface area contributed by atoms with Crippen molar-refractivity contribution >= 4 is 66.7 Å². The van der Waals surface area contributed by atoms with Gasteiger partial charge in [0.1, 0.15) is 74.1 Å². The van der Waals surface area contributed by atoms with Crippen LogP contribution in [0, 0.1) is 5.82 Å². The summed E-state index contributed by atoms with van der Waals surface area (Å²) in [6, 6.07) is 58.5. The Bertz CT molecular complexity index is 5850. The van der Waals surface area contributed by atoms with Gasteiger partial charge in [0.25, 0.3) is 11.2 Å². The Morgan fingerprint density at radius 1 is 0.490 bits per heavy atom. The number of nitrogen functional groups attached to an aromatic ring is 3. The smallest absolute Gasteiger partial charge is 0.265 e. The van der Waals surface area contributed by atoms with E-state index >= 15 is 4.39 Å². The first-order valence-corrected chi connectivity index (χ1v) is 35.8. The summed E-state index contributed by atoms with van der Waals surface area (Å²) in [5.74, 6) is 5.19. The van der Waals surface area contributed by atoms with Crippen LogP contribution in [0.25, 0.3) is 117 Å². The third-order valence-corrected chi connectivity index (χ3v) is 21.5. The van der Waals surface area contributed by atoms with Crippen molar-refractivity contribution in [3.8, 4) is 67.5 Å². The number of aromatic amines is 1. The monoisotopic (exact) mass is 1370 g/mol. The number of anilines is 3. The molecule has 0 bridgehead atoms. The minimum Gasteiger partial charge on any atom is -0.382 e. The highest BCUT2D eigenvalue weighted by molar-refractivity contribution is 5.94. The largest absolute Gasteiger partial charge is 0.382 e. The van der Waals surface area contributed by atoms with Gasteiger partial charge in [-0.05, 0) is 87.1 Å². The van der Waals surface area contributed by atoms with Crippen molar-refractivity contribution < 1.29 is 14.3 Å². The Morgan fingerprint density at radius 3 is 1.56 bits per heavy atom. The topological polar surface area (TPSA) is 254 Å². The van der Waals surface area contributed by atoms with Crippen LogP contribution in [0.2, 0.25) is 0 Å². The van der Waals surface area contributed by atoms with Gasteiger partial charge in [-0.1, -0.05) is 128 Å². The van der Waals surface area contributed by atoms with Crippen LogP contribution >= 0.6 is 0 Å². The normalized spacial score (nSPS) is 16.5. The summed E-state index contributed by atoms with van der Waals surface area (Å²) < 4.78 is 23.3. The van der Waals surface area contributed by atoms with E-state index in [1.165, 1.54) is 23.3 Å². The first-order valence-electron chi connectivity index (χ1n) is 35.8. The van der Waals surface area contributed by atoms with Crippen LogP contribution in [0.15, 0.2) is 226 Å². The van der Waals surface area contributed by atoms with E-state index in [1.807, 2.05) is 157 Å². The zero-order chi connectivity index (χ0) is 69.9. The van der Waals surface area contributed by atoms with Crippen molar-refractivity contribution in [2.75, 3.05) is 43.4 Å². The van der Waals surface area contributed by atoms with Crippen LogP contribution < -0.4 is 21.9 Å². The molecule has 1 saturated heterocycles. The summed E-state index contributed by atoms with van der Waals surface area (Å²) in [6.07, 6.45) is 23.8. The lowest BCUT2D eigenvalue weighted by atomic mass is 9.78. The highest BCUT2D eigenvalue weighted by Gasteiger charge is 2.39. The highest BCUT2D eigenvalue weighted by Crippen LogP contribution is 2.45. The summed E-state index contributed by atoms with van der Waals surface area (Å²) in [4.78, 5) is 50.3. The van der Waals surface area contributed by atoms with Crippen molar-refractivity contribution in [1.29, 1.82) is 0 Å². The number of nitrogens with one attached hydrogen (secondary N) is 1. The van der Waals surface area contributed by atoms with E-state index in [-0.39, 0.29) is 0 Å². The second-order valence-corrected chi connectivity index (χ2v) is 27.7. The molecule has 0 unspecified atom stereocenters. The molecule has 514 valence electrons. The lowest BCUT2D eigenvalue weighted by Crippen LogP contribution is -2.53. The molecule has 11 heterocycles. The second-order valence-electron chi connectivity index (χ2n) is 27.7. The number of fused-ring (bicyclic) bond motifs is 6. The number of benzene rings is 6. The van der Waals surface area contributed by atoms with E-state index in [0.29, 0.717) is 69.1 Å². The number of pyridine rings is 3. The zero-order valence-electron chi connectivity index (χ0n) is 57.1. The van der Waals surface area contributed by atoms with Gasteiger partial charge < -0.3 is 22.2 Å². The number of hydrogen-bond acceptors (Lipinski definition) is 15. The molecule has 8 N–H and O–H groups in total. The summed E-state index contributed by atoms with van der Waals surface area (Å²) in [6.45, 7) is 5.31. The maximum absolute atomic E-state index is 15.8. The van der Waals surface area contributed by atoms with Gasteiger partial charge in [-0.3, -0.25) is 28.2 Å². The number of imidazole rings is 4. The molecule has 3 saturated carbocycles. The van der Waals surface area contributed by atoms with E-state index in [2.05, 4.69) is 91.0 Å². The van der Waals surface area contributed by atoms with Gasteiger partial charge in [-0.15, -0.1) is 0 Å².